The van der Waals surface area contributed by atoms with E-state index < -0.39 is 42.0 Å². The van der Waals surface area contributed by atoms with Gasteiger partial charge in [-0.05, 0) is 25.2 Å². The van der Waals surface area contributed by atoms with Crippen molar-refractivity contribution in [1.29, 1.82) is 0 Å². The lowest BCUT2D eigenvalue weighted by Crippen LogP contribution is -2.58. The zero-order valence-electron chi connectivity index (χ0n) is 15.3. The van der Waals surface area contributed by atoms with E-state index >= 15 is 0 Å². The predicted octanol–water partition coefficient (Wildman–Crippen LogP) is -0.461. The minimum Gasteiger partial charge on any atom is -0.467 e. The quantitative estimate of drug-likeness (QED) is 0.418. The third-order valence-electron chi connectivity index (χ3n) is 3.58. The number of carbonyl (C=O) groups excluding carboxylic acids is 3. The lowest BCUT2D eigenvalue weighted by molar-refractivity contribution is -0.146. The SMILES string of the molecule is COC(=O)[C@H](CC(C)C)NC(=O)[C@@H](NC(=O)[C@@H](N)[C@@H](C)O)C(C)C. The number of rotatable bonds is 9. The molecule has 0 spiro atoms. The average molecular weight is 345 g/mol. The summed E-state index contributed by atoms with van der Waals surface area (Å²) in [6.45, 7) is 8.75. The summed E-state index contributed by atoms with van der Waals surface area (Å²) in [5.41, 5.74) is 5.58. The highest BCUT2D eigenvalue weighted by molar-refractivity contribution is 5.92. The Morgan fingerprint density at radius 2 is 1.58 bits per heavy atom. The Bertz CT molecular complexity index is 437. The largest absolute Gasteiger partial charge is 0.467 e. The number of nitrogens with one attached hydrogen (secondary N) is 2. The summed E-state index contributed by atoms with van der Waals surface area (Å²) in [4.78, 5) is 36.3. The van der Waals surface area contributed by atoms with Crippen LogP contribution in [-0.2, 0) is 19.1 Å². The molecule has 5 N–H and O–H groups in total. The lowest BCUT2D eigenvalue weighted by Gasteiger charge is -2.26. The second-order valence-corrected chi connectivity index (χ2v) is 6.71. The molecule has 0 saturated heterocycles. The molecule has 8 nitrogen and oxygen atoms in total. The van der Waals surface area contributed by atoms with E-state index in [9.17, 15) is 19.5 Å². The number of hydrogen-bond donors (Lipinski definition) is 4. The summed E-state index contributed by atoms with van der Waals surface area (Å²) in [6.07, 6.45) is -0.616. The molecule has 0 aromatic carbocycles. The smallest absolute Gasteiger partial charge is 0.328 e. The number of esters is 1. The van der Waals surface area contributed by atoms with Gasteiger partial charge in [0, 0.05) is 0 Å². The minimum atomic E-state index is -1.13. The summed E-state index contributed by atoms with van der Waals surface area (Å²) < 4.78 is 4.71. The van der Waals surface area contributed by atoms with E-state index in [1.54, 1.807) is 13.8 Å². The maximum Gasteiger partial charge on any atom is 0.328 e. The van der Waals surface area contributed by atoms with Gasteiger partial charge >= 0.3 is 5.97 Å². The summed E-state index contributed by atoms with van der Waals surface area (Å²) in [7, 11) is 1.26. The number of amides is 2. The second-order valence-electron chi connectivity index (χ2n) is 6.71. The van der Waals surface area contributed by atoms with Crippen molar-refractivity contribution in [3.8, 4) is 0 Å². The Labute approximate surface area is 143 Å². The van der Waals surface area contributed by atoms with E-state index in [2.05, 4.69) is 10.6 Å². The molecule has 0 aliphatic rings. The number of methoxy groups -OCH3 is 1. The van der Waals surface area contributed by atoms with E-state index in [-0.39, 0.29) is 11.8 Å². The molecule has 0 fully saturated rings. The summed E-state index contributed by atoms with van der Waals surface area (Å²) in [5, 5.41) is 14.5. The van der Waals surface area contributed by atoms with Gasteiger partial charge in [-0.3, -0.25) is 9.59 Å². The Morgan fingerprint density at radius 1 is 1.04 bits per heavy atom. The van der Waals surface area contributed by atoms with Crippen LogP contribution in [0.2, 0.25) is 0 Å². The van der Waals surface area contributed by atoms with Crippen LogP contribution in [0.3, 0.4) is 0 Å². The highest BCUT2D eigenvalue weighted by Gasteiger charge is 2.31. The standard InChI is InChI=1S/C16H31N3O5/c1-8(2)7-11(16(23)24-6)18-15(22)13(9(3)4)19-14(21)12(17)10(5)20/h8-13,20H,7,17H2,1-6H3,(H,18,22)(H,19,21)/t10-,11+,12+,13+/m1/s1. The monoisotopic (exact) mass is 345 g/mol. The first-order valence-corrected chi connectivity index (χ1v) is 8.13. The minimum absolute atomic E-state index is 0.171. The Kier molecular flexibility index (Phi) is 9.53. The van der Waals surface area contributed by atoms with Crippen molar-refractivity contribution in [3.63, 3.8) is 0 Å². The molecule has 0 saturated carbocycles. The third kappa shape index (κ3) is 7.27. The lowest BCUT2D eigenvalue weighted by atomic mass is 10.00. The number of nitrogens with two attached hydrogens (primary N) is 1. The van der Waals surface area contributed by atoms with Crippen molar-refractivity contribution < 1.29 is 24.2 Å². The molecule has 140 valence electrons. The van der Waals surface area contributed by atoms with Gasteiger partial charge in [0.1, 0.15) is 18.1 Å². The molecule has 0 aromatic rings. The number of aliphatic hydroxyl groups excluding tert-OH is 1. The van der Waals surface area contributed by atoms with Crippen LogP contribution in [0.1, 0.15) is 41.0 Å². The molecule has 0 heterocycles. The van der Waals surface area contributed by atoms with Crippen molar-refractivity contribution in [2.24, 2.45) is 17.6 Å². The Balaban J connectivity index is 5.07. The van der Waals surface area contributed by atoms with Crippen molar-refractivity contribution in [2.75, 3.05) is 7.11 Å². The van der Waals surface area contributed by atoms with Gasteiger partial charge in [-0.25, -0.2) is 4.79 Å². The summed E-state index contributed by atoms with van der Waals surface area (Å²) in [5.74, 6) is -1.71. The molecule has 0 aliphatic heterocycles. The highest BCUT2D eigenvalue weighted by Crippen LogP contribution is 2.09. The zero-order chi connectivity index (χ0) is 19.0. The number of aliphatic hydroxyl groups is 1. The summed E-state index contributed by atoms with van der Waals surface area (Å²) in [6, 6.07) is -2.79. The molecule has 0 unspecified atom stereocenters. The van der Waals surface area contributed by atoms with E-state index in [1.807, 2.05) is 13.8 Å². The fraction of sp³-hybridized carbons (Fsp3) is 0.812. The van der Waals surface area contributed by atoms with Gasteiger partial charge in [0.25, 0.3) is 0 Å². The molecule has 0 aliphatic carbocycles. The van der Waals surface area contributed by atoms with Gasteiger partial charge in [-0.1, -0.05) is 27.7 Å². The van der Waals surface area contributed by atoms with E-state index in [4.69, 9.17) is 10.5 Å². The Hall–Kier alpha value is -1.67. The molecular weight excluding hydrogens is 314 g/mol. The molecule has 0 bridgehead atoms. The van der Waals surface area contributed by atoms with E-state index in [0.717, 1.165) is 0 Å². The molecule has 8 heteroatoms. The highest BCUT2D eigenvalue weighted by atomic mass is 16.5. The predicted molar refractivity (Wildman–Crippen MR) is 89.8 cm³/mol. The number of ether oxygens (including phenoxy) is 1. The first-order valence-electron chi connectivity index (χ1n) is 8.13. The van der Waals surface area contributed by atoms with Gasteiger partial charge in [-0.15, -0.1) is 0 Å². The van der Waals surface area contributed by atoms with Gasteiger partial charge in [0.05, 0.1) is 13.2 Å². The molecular formula is C16H31N3O5. The first kappa shape index (κ1) is 22.3. The average Bonchev–Trinajstić information content (AvgIpc) is 2.48. The van der Waals surface area contributed by atoms with Crippen LogP contribution in [0.15, 0.2) is 0 Å². The number of carbonyl (C=O) groups is 3. The summed E-state index contributed by atoms with van der Waals surface area (Å²) >= 11 is 0. The van der Waals surface area contributed by atoms with Crippen molar-refractivity contribution >= 4 is 17.8 Å². The molecule has 2 amide bonds. The molecule has 0 rings (SSSR count). The fourth-order valence-corrected chi connectivity index (χ4v) is 2.09. The van der Waals surface area contributed by atoms with Crippen LogP contribution in [0, 0.1) is 11.8 Å². The van der Waals surface area contributed by atoms with Crippen LogP contribution in [0.25, 0.3) is 0 Å². The topological polar surface area (TPSA) is 131 Å². The van der Waals surface area contributed by atoms with Crippen LogP contribution in [0.5, 0.6) is 0 Å². The van der Waals surface area contributed by atoms with Crippen molar-refractivity contribution in [2.45, 2.75) is 65.3 Å². The maximum atomic E-state index is 12.5. The second kappa shape index (κ2) is 10.2. The van der Waals surface area contributed by atoms with Gasteiger partial charge in [0.15, 0.2) is 0 Å². The van der Waals surface area contributed by atoms with E-state index in [0.29, 0.717) is 6.42 Å². The molecule has 0 radical (unpaired) electrons. The molecule has 4 atom stereocenters. The first-order chi connectivity index (χ1) is 11.0. The van der Waals surface area contributed by atoms with Gasteiger partial charge in [0.2, 0.25) is 11.8 Å². The van der Waals surface area contributed by atoms with E-state index in [1.165, 1.54) is 14.0 Å². The van der Waals surface area contributed by atoms with Crippen molar-refractivity contribution in [1.82, 2.24) is 10.6 Å². The zero-order valence-corrected chi connectivity index (χ0v) is 15.3. The van der Waals surface area contributed by atoms with Crippen LogP contribution in [-0.4, -0.2) is 54.2 Å². The third-order valence-corrected chi connectivity index (χ3v) is 3.58. The number of hydrogen-bond acceptors (Lipinski definition) is 6. The van der Waals surface area contributed by atoms with Crippen LogP contribution >= 0.6 is 0 Å². The van der Waals surface area contributed by atoms with Crippen LogP contribution in [0.4, 0.5) is 0 Å². The fourth-order valence-electron chi connectivity index (χ4n) is 2.09. The Morgan fingerprint density at radius 3 is 1.96 bits per heavy atom. The van der Waals surface area contributed by atoms with Gasteiger partial charge < -0.3 is 26.2 Å². The molecule has 24 heavy (non-hydrogen) atoms. The maximum absolute atomic E-state index is 12.5. The van der Waals surface area contributed by atoms with Crippen LogP contribution < -0.4 is 16.4 Å². The normalized spacial score (nSPS) is 16.2. The van der Waals surface area contributed by atoms with Crippen molar-refractivity contribution in [3.05, 3.63) is 0 Å². The molecule has 0 aromatic heterocycles. The van der Waals surface area contributed by atoms with Gasteiger partial charge in [-0.2, -0.15) is 0 Å².